The summed E-state index contributed by atoms with van der Waals surface area (Å²) in [6.45, 7) is 0. The molecule has 1 aromatic heterocycles. The number of hydrogen-bond donors (Lipinski definition) is 4. The molecule has 0 aliphatic carbocycles. The highest BCUT2D eigenvalue weighted by Crippen LogP contribution is 2.26. The van der Waals surface area contributed by atoms with Gasteiger partial charge in [0.15, 0.2) is 5.82 Å². The van der Waals surface area contributed by atoms with Crippen LogP contribution in [0.5, 0.6) is 0 Å². The fourth-order valence-electron chi connectivity index (χ4n) is 3.76. The van der Waals surface area contributed by atoms with Crippen LogP contribution in [-0.2, 0) is 4.79 Å². The maximum atomic E-state index is 13.9. The number of rotatable bonds is 5. The van der Waals surface area contributed by atoms with Gasteiger partial charge in [0.1, 0.15) is 11.5 Å². The molecule has 0 saturated heterocycles. The van der Waals surface area contributed by atoms with Gasteiger partial charge in [-0.2, -0.15) is 5.10 Å². The molecular weight excluding hydrogens is 543 g/mol. The van der Waals surface area contributed by atoms with Gasteiger partial charge in [-0.1, -0.05) is 60.7 Å². The third kappa shape index (κ3) is 4.89. The Bertz CT molecular complexity index is 1550. The summed E-state index contributed by atoms with van der Waals surface area (Å²) in [5.74, 6) is -2.69. The Kier molecular flexibility index (Phi) is 6.60. The summed E-state index contributed by atoms with van der Waals surface area (Å²) in [5, 5.41) is 14.3. The standard InChI is InChI=1S/C26H18BrFN6O3/c27-19-21(33-34-22(19)31-24(35)15-10-4-6-12-17(15)28)25(36)32-23-26(37)29-18-13-7-5-11-16(18)20(30-23)14-8-2-1-3-9-14/h1-13,23H,(H,29,37)(H,32,36)(H2,31,33,34,35). The number of nitrogens with zero attached hydrogens (tertiary/aromatic N) is 2. The Morgan fingerprint density at radius 1 is 0.919 bits per heavy atom. The molecule has 0 bridgehead atoms. The molecular formula is C26H18BrFN6O3. The van der Waals surface area contributed by atoms with Crippen LogP contribution < -0.4 is 16.0 Å². The van der Waals surface area contributed by atoms with Crippen molar-refractivity contribution in [3.63, 3.8) is 0 Å². The summed E-state index contributed by atoms with van der Waals surface area (Å²) in [5.41, 5.74) is 2.33. The van der Waals surface area contributed by atoms with Crippen molar-refractivity contribution in [3.8, 4) is 0 Å². The number of benzodiazepines with no additional fused rings is 1. The summed E-state index contributed by atoms with van der Waals surface area (Å²) < 4.78 is 14.1. The molecule has 184 valence electrons. The minimum atomic E-state index is -1.26. The molecule has 11 heteroatoms. The largest absolute Gasteiger partial charge is 0.322 e. The molecule has 1 aliphatic rings. The van der Waals surface area contributed by atoms with Crippen LogP contribution in [0.2, 0.25) is 0 Å². The normalized spacial score (nSPS) is 14.6. The topological polar surface area (TPSA) is 128 Å². The highest BCUT2D eigenvalue weighted by molar-refractivity contribution is 9.10. The number of H-pyrrole nitrogens is 1. The first-order chi connectivity index (χ1) is 17.9. The Morgan fingerprint density at radius 3 is 2.41 bits per heavy atom. The lowest BCUT2D eigenvalue weighted by Gasteiger charge is -2.13. The average Bonchev–Trinajstić information content (AvgIpc) is 3.20. The van der Waals surface area contributed by atoms with Gasteiger partial charge < -0.3 is 16.0 Å². The minimum Gasteiger partial charge on any atom is -0.322 e. The van der Waals surface area contributed by atoms with Crippen molar-refractivity contribution in [1.29, 1.82) is 0 Å². The van der Waals surface area contributed by atoms with Crippen molar-refractivity contribution in [2.24, 2.45) is 4.99 Å². The van der Waals surface area contributed by atoms with E-state index in [1.165, 1.54) is 18.2 Å². The number of aromatic nitrogens is 2. The lowest BCUT2D eigenvalue weighted by Crippen LogP contribution is -2.42. The van der Waals surface area contributed by atoms with E-state index in [1.807, 2.05) is 42.5 Å². The molecule has 4 N–H and O–H groups in total. The zero-order chi connectivity index (χ0) is 25.9. The number of aromatic amines is 1. The Balaban J connectivity index is 1.40. The quantitative estimate of drug-likeness (QED) is 0.293. The highest BCUT2D eigenvalue weighted by atomic mass is 79.9. The first-order valence-corrected chi connectivity index (χ1v) is 11.9. The molecule has 3 aromatic carbocycles. The highest BCUT2D eigenvalue weighted by Gasteiger charge is 2.29. The lowest BCUT2D eigenvalue weighted by atomic mass is 10.0. The molecule has 9 nitrogen and oxygen atoms in total. The predicted molar refractivity (Wildman–Crippen MR) is 139 cm³/mol. The molecule has 4 aromatic rings. The Labute approximate surface area is 218 Å². The number of nitrogens with one attached hydrogen (secondary N) is 4. The number of anilines is 2. The third-order valence-electron chi connectivity index (χ3n) is 5.55. The molecule has 1 unspecified atom stereocenters. The Morgan fingerprint density at radius 2 is 1.62 bits per heavy atom. The van der Waals surface area contributed by atoms with E-state index >= 15 is 0 Å². The third-order valence-corrected chi connectivity index (χ3v) is 6.32. The van der Waals surface area contributed by atoms with Crippen LogP contribution >= 0.6 is 15.9 Å². The molecule has 0 fully saturated rings. The molecule has 37 heavy (non-hydrogen) atoms. The minimum absolute atomic E-state index is 0.0235. The van der Waals surface area contributed by atoms with E-state index in [1.54, 1.807) is 12.1 Å². The van der Waals surface area contributed by atoms with Crippen LogP contribution in [0.15, 0.2) is 88.3 Å². The molecule has 0 saturated carbocycles. The van der Waals surface area contributed by atoms with Crippen LogP contribution in [0.4, 0.5) is 15.9 Å². The molecule has 3 amide bonds. The zero-order valence-electron chi connectivity index (χ0n) is 19.0. The van der Waals surface area contributed by atoms with E-state index in [2.05, 4.69) is 47.1 Å². The number of carbonyl (C=O) groups excluding carboxylic acids is 3. The number of benzene rings is 3. The van der Waals surface area contributed by atoms with E-state index in [0.29, 0.717) is 17.0 Å². The predicted octanol–water partition coefficient (Wildman–Crippen LogP) is 4.11. The van der Waals surface area contributed by atoms with E-state index in [9.17, 15) is 18.8 Å². The van der Waals surface area contributed by atoms with Crippen LogP contribution in [0.3, 0.4) is 0 Å². The molecule has 0 spiro atoms. The number of halogens is 2. The molecule has 1 aliphatic heterocycles. The second kappa shape index (κ2) is 10.2. The zero-order valence-corrected chi connectivity index (χ0v) is 20.5. The number of para-hydroxylation sites is 1. The Hall–Kier alpha value is -4.64. The van der Waals surface area contributed by atoms with Gasteiger partial charge in [0.25, 0.3) is 17.7 Å². The monoisotopic (exact) mass is 560 g/mol. The van der Waals surface area contributed by atoms with Crippen molar-refractivity contribution in [3.05, 3.63) is 112 Å². The smallest absolute Gasteiger partial charge is 0.272 e. The first kappa shape index (κ1) is 24.1. The van der Waals surface area contributed by atoms with Gasteiger partial charge in [0, 0.05) is 11.1 Å². The molecule has 0 radical (unpaired) electrons. The summed E-state index contributed by atoms with van der Waals surface area (Å²) in [7, 11) is 0. The van der Waals surface area contributed by atoms with Crippen molar-refractivity contribution in [2.45, 2.75) is 6.17 Å². The van der Waals surface area contributed by atoms with Crippen molar-refractivity contribution in [1.82, 2.24) is 15.5 Å². The second-order valence-electron chi connectivity index (χ2n) is 7.95. The maximum absolute atomic E-state index is 13.9. The number of fused-ring (bicyclic) bond motifs is 1. The van der Waals surface area contributed by atoms with Crippen molar-refractivity contribution < 1.29 is 18.8 Å². The summed E-state index contributed by atoms with van der Waals surface area (Å²) in [6, 6.07) is 22.0. The van der Waals surface area contributed by atoms with Gasteiger partial charge >= 0.3 is 0 Å². The average molecular weight is 561 g/mol. The van der Waals surface area contributed by atoms with Gasteiger partial charge in [-0.05, 0) is 34.1 Å². The van der Waals surface area contributed by atoms with E-state index in [-0.39, 0.29) is 21.5 Å². The van der Waals surface area contributed by atoms with Crippen LogP contribution in [0.25, 0.3) is 0 Å². The van der Waals surface area contributed by atoms with Gasteiger partial charge in [0.05, 0.1) is 21.4 Å². The fraction of sp³-hybridized carbons (Fsp3) is 0.0385. The van der Waals surface area contributed by atoms with E-state index in [0.717, 1.165) is 11.6 Å². The second-order valence-corrected chi connectivity index (χ2v) is 8.74. The summed E-state index contributed by atoms with van der Waals surface area (Å²) in [4.78, 5) is 43.1. The van der Waals surface area contributed by atoms with Gasteiger partial charge in [-0.15, -0.1) is 0 Å². The summed E-state index contributed by atoms with van der Waals surface area (Å²) >= 11 is 3.24. The van der Waals surface area contributed by atoms with Gasteiger partial charge in [0.2, 0.25) is 6.17 Å². The molecule has 1 atom stereocenters. The fourth-order valence-corrected chi connectivity index (χ4v) is 4.22. The van der Waals surface area contributed by atoms with E-state index in [4.69, 9.17) is 0 Å². The van der Waals surface area contributed by atoms with Crippen molar-refractivity contribution in [2.75, 3.05) is 10.6 Å². The van der Waals surface area contributed by atoms with Crippen LogP contribution in [0, 0.1) is 5.82 Å². The number of hydrogen-bond acceptors (Lipinski definition) is 5. The molecule has 5 rings (SSSR count). The van der Waals surface area contributed by atoms with Crippen LogP contribution in [0.1, 0.15) is 32.0 Å². The number of aliphatic imine (C=N–C) groups is 1. The van der Waals surface area contributed by atoms with Crippen molar-refractivity contribution >= 4 is 50.9 Å². The SMILES string of the molecule is O=C(Nc1n[nH]c(C(=O)NC2N=C(c3ccccc3)c3ccccc3NC2=O)c1Br)c1ccccc1F. The van der Waals surface area contributed by atoms with E-state index < -0.39 is 29.7 Å². The number of carbonyl (C=O) groups is 3. The van der Waals surface area contributed by atoms with Gasteiger partial charge in [-0.3, -0.25) is 19.5 Å². The summed E-state index contributed by atoms with van der Waals surface area (Å²) in [6.07, 6.45) is -1.26. The number of amides is 3. The first-order valence-electron chi connectivity index (χ1n) is 11.1. The van der Waals surface area contributed by atoms with Crippen LogP contribution in [-0.4, -0.2) is 39.8 Å². The van der Waals surface area contributed by atoms with Gasteiger partial charge in [-0.25, -0.2) is 9.38 Å². The maximum Gasteiger partial charge on any atom is 0.272 e. The molecule has 2 heterocycles. The lowest BCUT2D eigenvalue weighted by molar-refractivity contribution is -0.117.